The van der Waals surface area contributed by atoms with Crippen molar-refractivity contribution in [3.8, 4) is 0 Å². The predicted octanol–water partition coefficient (Wildman–Crippen LogP) is 2.08. The van der Waals surface area contributed by atoms with Crippen LogP contribution < -0.4 is 10.6 Å². The van der Waals surface area contributed by atoms with Gasteiger partial charge in [-0.05, 0) is 25.3 Å². The lowest BCUT2D eigenvalue weighted by Crippen LogP contribution is -2.42. The SMILES string of the molecule is Cc1nnc(CNC(=NCc2ccccc2)NC2CC=CC2)n1C. The molecule has 0 aliphatic heterocycles. The van der Waals surface area contributed by atoms with Crippen LogP contribution in [0, 0.1) is 6.92 Å². The fourth-order valence-electron chi connectivity index (χ4n) is 2.60. The Morgan fingerprint density at radius 2 is 1.96 bits per heavy atom. The quantitative estimate of drug-likeness (QED) is 0.502. The number of aryl methyl sites for hydroxylation is 1. The molecule has 1 aromatic heterocycles. The summed E-state index contributed by atoms with van der Waals surface area (Å²) in [6.07, 6.45) is 6.49. The van der Waals surface area contributed by atoms with Gasteiger partial charge >= 0.3 is 0 Å². The fraction of sp³-hybridized carbons (Fsp3) is 0.389. The maximum atomic E-state index is 4.72. The van der Waals surface area contributed by atoms with Crippen LogP contribution in [0.3, 0.4) is 0 Å². The summed E-state index contributed by atoms with van der Waals surface area (Å²) >= 11 is 0. The molecule has 0 saturated heterocycles. The van der Waals surface area contributed by atoms with Gasteiger partial charge in [0.1, 0.15) is 5.82 Å². The normalized spacial score (nSPS) is 15.0. The lowest BCUT2D eigenvalue weighted by atomic mass is 10.2. The van der Waals surface area contributed by atoms with Gasteiger partial charge in [-0.1, -0.05) is 42.5 Å². The highest BCUT2D eigenvalue weighted by atomic mass is 15.3. The largest absolute Gasteiger partial charge is 0.353 e. The Morgan fingerprint density at radius 1 is 1.21 bits per heavy atom. The van der Waals surface area contributed by atoms with Crippen molar-refractivity contribution in [2.24, 2.45) is 12.0 Å². The van der Waals surface area contributed by atoms with E-state index in [-0.39, 0.29) is 0 Å². The van der Waals surface area contributed by atoms with Gasteiger partial charge in [-0.3, -0.25) is 0 Å². The highest BCUT2D eigenvalue weighted by Gasteiger charge is 2.13. The molecule has 0 spiro atoms. The van der Waals surface area contributed by atoms with Crippen LogP contribution in [-0.4, -0.2) is 26.8 Å². The minimum absolute atomic E-state index is 0.410. The van der Waals surface area contributed by atoms with Gasteiger partial charge in [-0.15, -0.1) is 10.2 Å². The molecule has 2 N–H and O–H groups in total. The van der Waals surface area contributed by atoms with Crippen molar-refractivity contribution >= 4 is 5.96 Å². The number of aromatic nitrogens is 3. The van der Waals surface area contributed by atoms with Crippen molar-refractivity contribution in [1.29, 1.82) is 0 Å². The molecule has 0 saturated carbocycles. The van der Waals surface area contributed by atoms with Crippen molar-refractivity contribution in [2.45, 2.75) is 38.9 Å². The molecule has 0 unspecified atom stereocenters. The van der Waals surface area contributed by atoms with Crippen LogP contribution in [-0.2, 0) is 20.1 Å². The highest BCUT2D eigenvalue weighted by molar-refractivity contribution is 5.80. The van der Waals surface area contributed by atoms with Gasteiger partial charge in [0, 0.05) is 13.1 Å². The highest BCUT2D eigenvalue weighted by Crippen LogP contribution is 2.09. The number of hydrogen-bond acceptors (Lipinski definition) is 3. The van der Waals surface area contributed by atoms with Crippen LogP contribution >= 0.6 is 0 Å². The van der Waals surface area contributed by atoms with Crippen molar-refractivity contribution in [2.75, 3.05) is 0 Å². The van der Waals surface area contributed by atoms with E-state index in [0.717, 1.165) is 30.5 Å². The third-order valence-corrected chi connectivity index (χ3v) is 4.21. The average Bonchev–Trinajstić information content (AvgIpc) is 3.22. The predicted molar refractivity (Wildman–Crippen MR) is 95.5 cm³/mol. The van der Waals surface area contributed by atoms with E-state index < -0.39 is 0 Å². The molecule has 0 bridgehead atoms. The average molecular weight is 324 g/mol. The smallest absolute Gasteiger partial charge is 0.192 e. The van der Waals surface area contributed by atoms with Crippen LogP contribution in [0.5, 0.6) is 0 Å². The van der Waals surface area contributed by atoms with Gasteiger partial charge in [0.15, 0.2) is 11.8 Å². The Morgan fingerprint density at radius 3 is 2.62 bits per heavy atom. The lowest BCUT2D eigenvalue weighted by Gasteiger charge is -2.17. The van der Waals surface area contributed by atoms with Gasteiger partial charge < -0.3 is 15.2 Å². The Kier molecular flexibility index (Phi) is 5.25. The summed E-state index contributed by atoms with van der Waals surface area (Å²) in [6.45, 7) is 3.19. The number of nitrogens with one attached hydrogen (secondary N) is 2. The topological polar surface area (TPSA) is 67.1 Å². The van der Waals surface area contributed by atoms with Gasteiger partial charge in [-0.2, -0.15) is 0 Å². The first-order chi connectivity index (χ1) is 11.7. The summed E-state index contributed by atoms with van der Waals surface area (Å²) in [4.78, 5) is 4.72. The molecule has 6 nitrogen and oxygen atoms in total. The van der Waals surface area contributed by atoms with E-state index in [2.05, 4.69) is 45.1 Å². The van der Waals surface area contributed by atoms with E-state index in [1.54, 1.807) is 0 Å². The van der Waals surface area contributed by atoms with E-state index in [1.165, 1.54) is 5.56 Å². The summed E-state index contributed by atoms with van der Waals surface area (Å²) in [7, 11) is 1.97. The van der Waals surface area contributed by atoms with Gasteiger partial charge in [0.25, 0.3) is 0 Å². The number of rotatable bonds is 5. The van der Waals surface area contributed by atoms with E-state index in [9.17, 15) is 0 Å². The summed E-state index contributed by atoms with van der Waals surface area (Å²) in [5.74, 6) is 2.61. The van der Waals surface area contributed by atoms with Crippen LogP contribution in [0.1, 0.15) is 30.1 Å². The molecule has 24 heavy (non-hydrogen) atoms. The minimum atomic E-state index is 0.410. The summed E-state index contributed by atoms with van der Waals surface area (Å²) in [5, 5.41) is 15.2. The molecule has 1 aliphatic carbocycles. The summed E-state index contributed by atoms with van der Waals surface area (Å²) < 4.78 is 1.99. The number of guanidine groups is 1. The molecule has 0 radical (unpaired) electrons. The molecule has 1 aromatic carbocycles. The molecule has 2 aromatic rings. The van der Waals surface area contributed by atoms with E-state index in [4.69, 9.17) is 4.99 Å². The molecule has 0 fully saturated rings. The molecule has 1 heterocycles. The Balaban J connectivity index is 1.65. The molecule has 3 rings (SSSR count). The zero-order valence-electron chi connectivity index (χ0n) is 14.2. The molecule has 6 heteroatoms. The van der Waals surface area contributed by atoms with Crippen LogP contribution in [0.25, 0.3) is 0 Å². The molecular weight excluding hydrogens is 300 g/mol. The Bertz CT molecular complexity index is 708. The maximum Gasteiger partial charge on any atom is 0.192 e. The van der Waals surface area contributed by atoms with Crippen LogP contribution in [0.15, 0.2) is 47.5 Å². The molecule has 0 amide bonds. The zero-order chi connectivity index (χ0) is 16.8. The van der Waals surface area contributed by atoms with E-state index in [0.29, 0.717) is 19.1 Å². The van der Waals surface area contributed by atoms with Crippen LogP contribution in [0.2, 0.25) is 0 Å². The lowest BCUT2D eigenvalue weighted by molar-refractivity contribution is 0.623. The molecule has 0 atom stereocenters. The van der Waals surface area contributed by atoms with Crippen molar-refractivity contribution in [3.63, 3.8) is 0 Å². The zero-order valence-corrected chi connectivity index (χ0v) is 14.2. The third kappa shape index (κ3) is 4.22. The molecular formula is C18H24N6. The number of aliphatic imine (C=N–C) groups is 1. The van der Waals surface area contributed by atoms with Crippen LogP contribution in [0.4, 0.5) is 0 Å². The Labute approximate surface area is 142 Å². The van der Waals surface area contributed by atoms with Crippen molar-refractivity contribution in [1.82, 2.24) is 25.4 Å². The first-order valence-electron chi connectivity index (χ1n) is 8.31. The second kappa shape index (κ2) is 7.77. The van der Waals surface area contributed by atoms with Gasteiger partial charge in [0.05, 0.1) is 13.1 Å². The molecule has 126 valence electrons. The van der Waals surface area contributed by atoms with E-state index in [1.807, 2.05) is 36.7 Å². The number of nitrogens with zero attached hydrogens (tertiary/aromatic N) is 4. The van der Waals surface area contributed by atoms with Gasteiger partial charge in [0.2, 0.25) is 0 Å². The van der Waals surface area contributed by atoms with Crippen molar-refractivity contribution in [3.05, 3.63) is 59.7 Å². The summed E-state index contributed by atoms with van der Waals surface area (Å²) in [6, 6.07) is 10.7. The van der Waals surface area contributed by atoms with Gasteiger partial charge in [-0.25, -0.2) is 4.99 Å². The Hall–Kier alpha value is -2.63. The number of hydrogen-bond donors (Lipinski definition) is 2. The maximum absolute atomic E-state index is 4.72. The first-order valence-corrected chi connectivity index (χ1v) is 8.31. The fourth-order valence-corrected chi connectivity index (χ4v) is 2.60. The second-order valence-corrected chi connectivity index (χ2v) is 6.01. The third-order valence-electron chi connectivity index (χ3n) is 4.21. The monoisotopic (exact) mass is 324 g/mol. The second-order valence-electron chi connectivity index (χ2n) is 6.01. The van der Waals surface area contributed by atoms with Crippen molar-refractivity contribution < 1.29 is 0 Å². The summed E-state index contributed by atoms with van der Waals surface area (Å²) in [5.41, 5.74) is 1.19. The molecule has 1 aliphatic rings. The minimum Gasteiger partial charge on any atom is -0.353 e. The van der Waals surface area contributed by atoms with E-state index >= 15 is 0 Å². The first kappa shape index (κ1) is 16.2. The standard InChI is InChI=1S/C18H24N6/c1-14-22-23-17(24(14)2)13-20-18(21-16-10-6-7-11-16)19-12-15-8-4-3-5-9-15/h3-9,16H,10-13H2,1-2H3,(H2,19,20,21). The number of benzene rings is 1.